The Morgan fingerprint density at radius 3 is 2.36 bits per heavy atom. The highest BCUT2D eigenvalue weighted by Crippen LogP contribution is 2.40. The third-order valence-electron chi connectivity index (χ3n) is 3.23. The van der Waals surface area contributed by atoms with Crippen molar-refractivity contribution in [1.29, 1.82) is 0 Å². The second kappa shape index (κ2) is 3.57. The lowest BCUT2D eigenvalue weighted by Gasteiger charge is -2.36. The van der Waals surface area contributed by atoms with Crippen LogP contribution in [-0.2, 0) is 0 Å². The molecule has 2 N–H and O–H groups in total. The Labute approximate surface area is 70.4 Å². The summed E-state index contributed by atoms with van der Waals surface area (Å²) in [7, 11) is 0. The maximum Gasteiger partial charge on any atom is -0.00721 e. The van der Waals surface area contributed by atoms with Gasteiger partial charge in [-0.3, -0.25) is 0 Å². The maximum absolute atomic E-state index is 5.58. The molecule has 1 fully saturated rings. The van der Waals surface area contributed by atoms with E-state index in [1.165, 1.54) is 32.1 Å². The van der Waals surface area contributed by atoms with E-state index in [4.69, 9.17) is 5.73 Å². The lowest BCUT2D eigenvalue weighted by molar-refractivity contribution is 0.168. The van der Waals surface area contributed by atoms with Gasteiger partial charge in [-0.05, 0) is 37.1 Å². The summed E-state index contributed by atoms with van der Waals surface area (Å²) in [5.74, 6) is 0.959. The minimum absolute atomic E-state index is 0.585. The molecule has 0 atom stereocenters. The number of nitrogens with two attached hydrogens (primary N) is 1. The molecule has 1 rings (SSSR count). The monoisotopic (exact) mass is 155 g/mol. The molecule has 0 amide bonds. The summed E-state index contributed by atoms with van der Waals surface area (Å²) in [5.41, 5.74) is 6.16. The van der Waals surface area contributed by atoms with E-state index in [1.807, 2.05) is 0 Å². The summed E-state index contributed by atoms with van der Waals surface area (Å²) in [6, 6.07) is 0. The van der Waals surface area contributed by atoms with Gasteiger partial charge >= 0.3 is 0 Å². The molecule has 0 heterocycles. The van der Waals surface area contributed by atoms with Crippen molar-refractivity contribution in [3.05, 3.63) is 0 Å². The molecule has 1 saturated carbocycles. The zero-order chi connectivity index (χ0) is 8.32. The summed E-state index contributed by atoms with van der Waals surface area (Å²) >= 11 is 0. The molecule has 0 aromatic carbocycles. The summed E-state index contributed by atoms with van der Waals surface area (Å²) in [6.07, 6.45) is 6.84. The lowest BCUT2D eigenvalue weighted by Crippen LogP contribution is -2.26. The molecular weight excluding hydrogens is 134 g/mol. The van der Waals surface area contributed by atoms with Crippen molar-refractivity contribution in [1.82, 2.24) is 0 Å². The van der Waals surface area contributed by atoms with Crippen molar-refractivity contribution in [2.75, 3.05) is 6.54 Å². The largest absolute Gasteiger partial charge is 0.330 e. The van der Waals surface area contributed by atoms with Crippen LogP contribution in [0.1, 0.15) is 46.0 Å². The van der Waals surface area contributed by atoms with Gasteiger partial charge in [0.05, 0.1) is 0 Å². The van der Waals surface area contributed by atoms with E-state index in [0.29, 0.717) is 5.41 Å². The Morgan fingerprint density at radius 1 is 1.36 bits per heavy atom. The Balaban J connectivity index is 2.35. The fourth-order valence-corrected chi connectivity index (χ4v) is 2.06. The van der Waals surface area contributed by atoms with Crippen molar-refractivity contribution in [3.8, 4) is 0 Å². The predicted molar refractivity (Wildman–Crippen MR) is 49.4 cm³/mol. The molecule has 0 spiro atoms. The van der Waals surface area contributed by atoms with Gasteiger partial charge in [-0.25, -0.2) is 0 Å². The zero-order valence-electron chi connectivity index (χ0n) is 7.90. The molecule has 0 saturated heterocycles. The molecule has 0 aromatic rings. The molecule has 0 unspecified atom stereocenters. The van der Waals surface area contributed by atoms with Crippen LogP contribution in [0.5, 0.6) is 0 Å². The summed E-state index contributed by atoms with van der Waals surface area (Å²) in [5, 5.41) is 0. The van der Waals surface area contributed by atoms with Crippen LogP contribution in [0.15, 0.2) is 0 Å². The van der Waals surface area contributed by atoms with Gasteiger partial charge in [0.25, 0.3) is 0 Å². The molecule has 0 aromatic heterocycles. The molecule has 11 heavy (non-hydrogen) atoms. The summed E-state index contributed by atoms with van der Waals surface area (Å²) in [6.45, 7) is 5.62. The van der Waals surface area contributed by atoms with E-state index in [9.17, 15) is 0 Å². The van der Waals surface area contributed by atoms with Crippen molar-refractivity contribution < 1.29 is 0 Å². The highest BCUT2D eigenvalue weighted by atomic mass is 14.5. The van der Waals surface area contributed by atoms with Crippen LogP contribution in [0.4, 0.5) is 0 Å². The van der Waals surface area contributed by atoms with E-state index < -0.39 is 0 Å². The molecule has 0 aliphatic heterocycles. The Kier molecular flexibility index (Phi) is 2.94. The predicted octanol–water partition coefficient (Wildman–Crippen LogP) is 2.55. The first-order valence-corrected chi connectivity index (χ1v) is 4.86. The van der Waals surface area contributed by atoms with Gasteiger partial charge in [-0.2, -0.15) is 0 Å². The quantitative estimate of drug-likeness (QED) is 0.651. The smallest absolute Gasteiger partial charge is 0.00721 e. The highest BCUT2D eigenvalue weighted by molar-refractivity contribution is 4.80. The van der Waals surface area contributed by atoms with Gasteiger partial charge in [0, 0.05) is 0 Å². The van der Waals surface area contributed by atoms with Gasteiger partial charge in [0.1, 0.15) is 0 Å². The standard InChI is InChI=1S/C10H21N/c1-9-3-5-10(2,6-4-9)7-8-11/h9H,3-8,11H2,1-2H3/t9-,10-. The summed E-state index contributed by atoms with van der Waals surface area (Å²) in [4.78, 5) is 0. The molecule has 66 valence electrons. The molecule has 1 aliphatic rings. The minimum Gasteiger partial charge on any atom is -0.330 e. The van der Waals surface area contributed by atoms with E-state index >= 15 is 0 Å². The molecule has 1 nitrogen and oxygen atoms in total. The molecule has 1 aliphatic carbocycles. The average Bonchev–Trinajstić information content (AvgIpc) is 1.97. The number of hydrogen-bond donors (Lipinski definition) is 1. The van der Waals surface area contributed by atoms with Gasteiger partial charge in [0.15, 0.2) is 0 Å². The van der Waals surface area contributed by atoms with Crippen molar-refractivity contribution in [2.45, 2.75) is 46.0 Å². The van der Waals surface area contributed by atoms with E-state index in [0.717, 1.165) is 12.5 Å². The first-order valence-electron chi connectivity index (χ1n) is 4.86. The van der Waals surface area contributed by atoms with Gasteiger partial charge in [0.2, 0.25) is 0 Å². The topological polar surface area (TPSA) is 26.0 Å². The van der Waals surface area contributed by atoms with Crippen LogP contribution in [0.25, 0.3) is 0 Å². The number of rotatable bonds is 2. The first-order chi connectivity index (χ1) is 5.16. The van der Waals surface area contributed by atoms with Crippen LogP contribution < -0.4 is 5.73 Å². The van der Waals surface area contributed by atoms with E-state index in [2.05, 4.69) is 13.8 Å². The third kappa shape index (κ3) is 2.48. The average molecular weight is 155 g/mol. The maximum atomic E-state index is 5.58. The Hall–Kier alpha value is -0.0400. The van der Waals surface area contributed by atoms with Crippen LogP contribution in [-0.4, -0.2) is 6.54 Å². The van der Waals surface area contributed by atoms with E-state index in [1.54, 1.807) is 0 Å². The van der Waals surface area contributed by atoms with Crippen molar-refractivity contribution in [2.24, 2.45) is 17.1 Å². The van der Waals surface area contributed by atoms with E-state index in [-0.39, 0.29) is 0 Å². The normalized spacial score (nSPS) is 39.0. The van der Waals surface area contributed by atoms with Crippen LogP contribution in [0.3, 0.4) is 0 Å². The highest BCUT2D eigenvalue weighted by Gasteiger charge is 2.28. The molecule has 0 bridgehead atoms. The number of hydrogen-bond acceptors (Lipinski definition) is 1. The Bertz CT molecular complexity index is 112. The van der Waals surface area contributed by atoms with Crippen LogP contribution in [0.2, 0.25) is 0 Å². The van der Waals surface area contributed by atoms with Gasteiger partial charge in [-0.1, -0.05) is 26.7 Å². The second-order valence-electron chi connectivity index (χ2n) is 4.53. The lowest BCUT2D eigenvalue weighted by atomic mass is 9.70. The van der Waals surface area contributed by atoms with Crippen molar-refractivity contribution in [3.63, 3.8) is 0 Å². The fraction of sp³-hybridized carbons (Fsp3) is 1.00. The molecule has 0 radical (unpaired) electrons. The first kappa shape index (κ1) is 9.05. The van der Waals surface area contributed by atoms with Gasteiger partial charge in [-0.15, -0.1) is 0 Å². The SMILES string of the molecule is C[C@H]1CC[C@](C)(CCN)CC1. The van der Waals surface area contributed by atoms with Crippen LogP contribution >= 0.6 is 0 Å². The summed E-state index contributed by atoms with van der Waals surface area (Å²) < 4.78 is 0. The van der Waals surface area contributed by atoms with Gasteiger partial charge < -0.3 is 5.73 Å². The minimum atomic E-state index is 0.585. The second-order valence-corrected chi connectivity index (χ2v) is 4.53. The fourth-order valence-electron chi connectivity index (χ4n) is 2.06. The Morgan fingerprint density at radius 2 is 1.91 bits per heavy atom. The van der Waals surface area contributed by atoms with Crippen molar-refractivity contribution >= 4 is 0 Å². The zero-order valence-corrected chi connectivity index (χ0v) is 7.90. The van der Waals surface area contributed by atoms with Crippen LogP contribution in [0, 0.1) is 11.3 Å². The molecule has 1 heteroatoms. The molecular formula is C10H21N. The third-order valence-corrected chi connectivity index (χ3v) is 3.23.